The van der Waals surface area contributed by atoms with Crippen molar-refractivity contribution in [3.8, 4) is 22.4 Å². The van der Waals surface area contributed by atoms with Crippen LogP contribution in [0.4, 0.5) is 0 Å². The lowest BCUT2D eigenvalue weighted by molar-refractivity contribution is 0.581. The molecule has 0 saturated carbocycles. The number of fused-ring (bicyclic) bond motifs is 3. The third-order valence-electron chi connectivity index (χ3n) is 5.46. The van der Waals surface area contributed by atoms with E-state index in [2.05, 4.69) is 95.4 Å². The Hall–Kier alpha value is -2.41. The van der Waals surface area contributed by atoms with Gasteiger partial charge in [-0.3, -0.25) is 4.98 Å². The summed E-state index contributed by atoms with van der Waals surface area (Å²) in [5.41, 5.74) is 9.12. The third kappa shape index (κ3) is 2.41. The van der Waals surface area contributed by atoms with E-state index >= 15 is 0 Å². The normalized spacial score (nSPS) is 14.9. The van der Waals surface area contributed by atoms with Gasteiger partial charge in [-0.15, -0.1) is 0 Å². The van der Waals surface area contributed by atoms with Gasteiger partial charge in [0.25, 0.3) is 0 Å². The fourth-order valence-electron chi connectivity index (χ4n) is 3.98. The summed E-state index contributed by atoms with van der Waals surface area (Å²) in [6, 6.07) is 19.7. The summed E-state index contributed by atoms with van der Waals surface area (Å²) in [6.07, 6.45) is 2.05. The molecule has 0 fully saturated rings. The van der Waals surface area contributed by atoms with Crippen LogP contribution in [-0.4, -0.2) is 4.98 Å². The van der Waals surface area contributed by atoms with Crippen molar-refractivity contribution in [1.82, 2.24) is 4.98 Å². The molecule has 1 nitrogen and oxygen atoms in total. The minimum absolute atomic E-state index is 0.0502. The summed E-state index contributed by atoms with van der Waals surface area (Å²) < 4.78 is 0. The summed E-state index contributed by atoms with van der Waals surface area (Å²) in [4.78, 5) is 4.90. The van der Waals surface area contributed by atoms with Crippen LogP contribution in [-0.2, 0) is 10.8 Å². The maximum absolute atomic E-state index is 4.90. The van der Waals surface area contributed by atoms with Crippen LogP contribution in [0.2, 0.25) is 0 Å². The Morgan fingerprint density at radius 3 is 2.20 bits per heavy atom. The molecule has 4 rings (SSSR count). The summed E-state index contributed by atoms with van der Waals surface area (Å²) in [7, 11) is 0. The van der Waals surface area contributed by atoms with Crippen LogP contribution in [0.1, 0.15) is 51.3 Å². The van der Waals surface area contributed by atoms with E-state index in [0.717, 1.165) is 5.69 Å². The zero-order valence-corrected chi connectivity index (χ0v) is 15.7. The van der Waals surface area contributed by atoms with E-state index in [1.54, 1.807) is 0 Å². The Morgan fingerprint density at radius 2 is 1.52 bits per heavy atom. The van der Waals surface area contributed by atoms with E-state index in [-0.39, 0.29) is 10.8 Å². The van der Waals surface area contributed by atoms with Crippen LogP contribution >= 0.6 is 0 Å². The Labute approximate surface area is 150 Å². The van der Waals surface area contributed by atoms with Crippen molar-refractivity contribution in [1.29, 1.82) is 0 Å². The molecule has 0 unspecified atom stereocenters. The van der Waals surface area contributed by atoms with Crippen LogP contribution < -0.4 is 0 Å². The molecule has 25 heavy (non-hydrogen) atoms. The van der Waals surface area contributed by atoms with Gasteiger partial charge in [0, 0.05) is 17.2 Å². The predicted octanol–water partition coefficient (Wildman–Crippen LogP) is 6.35. The van der Waals surface area contributed by atoms with Gasteiger partial charge in [-0.05, 0) is 33.2 Å². The second-order valence-electron chi connectivity index (χ2n) is 8.59. The van der Waals surface area contributed by atoms with E-state index in [9.17, 15) is 0 Å². The molecule has 1 heteroatoms. The summed E-state index contributed by atoms with van der Waals surface area (Å²) >= 11 is 0. The Kier molecular flexibility index (Phi) is 3.40. The zero-order valence-electron chi connectivity index (χ0n) is 15.7. The molecule has 0 radical (unpaired) electrons. The number of hydrogen-bond acceptors (Lipinski definition) is 1. The largest absolute Gasteiger partial charge is 0.256 e. The van der Waals surface area contributed by atoms with Crippen molar-refractivity contribution < 1.29 is 0 Å². The smallest absolute Gasteiger partial charge is 0.0746 e. The van der Waals surface area contributed by atoms with Gasteiger partial charge in [0.1, 0.15) is 0 Å². The molecule has 3 aromatic rings. The Balaban J connectivity index is 1.98. The van der Waals surface area contributed by atoms with Crippen molar-refractivity contribution in [3.63, 3.8) is 0 Å². The number of nitrogens with zero attached hydrogens (tertiary/aromatic N) is 1. The molecular formula is C24H25N. The maximum atomic E-state index is 4.90. The Bertz CT molecular complexity index is 944. The monoisotopic (exact) mass is 327 g/mol. The molecular weight excluding hydrogens is 302 g/mol. The van der Waals surface area contributed by atoms with E-state index in [4.69, 9.17) is 4.98 Å². The van der Waals surface area contributed by atoms with Crippen LogP contribution in [0.25, 0.3) is 22.4 Å². The molecule has 1 aliphatic rings. The second kappa shape index (κ2) is 5.29. The van der Waals surface area contributed by atoms with E-state index in [1.807, 2.05) is 0 Å². The molecule has 2 aromatic carbocycles. The van der Waals surface area contributed by atoms with Crippen molar-refractivity contribution in [2.45, 2.75) is 45.4 Å². The molecule has 0 bridgehead atoms. The molecule has 0 atom stereocenters. The highest BCUT2D eigenvalue weighted by Gasteiger charge is 2.39. The summed E-state index contributed by atoms with van der Waals surface area (Å²) in [5.74, 6) is 0. The first-order valence-corrected chi connectivity index (χ1v) is 9.00. The van der Waals surface area contributed by atoms with E-state index in [1.165, 1.54) is 33.4 Å². The quantitative estimate of drug-likeness (QED) is 0.507. The molecule has 0 amide bonds. The second-order valence-corrected chi connectivity index (χ2v) is 8.59. The fourth-order valence-corrected chi connectivity index (χ4v) is 3.98. The van der Waals surface area contributed by atoms with Gasteiger partial charge in [-0.1, -0.05) is 89.2 Å². The van der Waals surface area contributed by atoms with Crippen LogP contribution in [0.5, 0.6) is 0 Å². The topological polar surface area (TPSA) is 12.9 Å². The average molecular weight is 327 g/mol. The summed E-state index contributed by atoms with van der Waals surface area (Å²) in [5, 5.41) is 0. The van der Waals surface area contributed by atoms with Gasteiger partial charge >= 0.3 is 0 Å². The first-order chi connectivity index (χ1) is 11.8. The van der Waals surface area contributed by atoms with E-state index < -0.39 is 0 Å². The Morgan fingerprint density at radius 1 is 0.840 bits per heavy atom. The predicted molar refractivity (Wildman–Crippen MR) is 106 cm³/mol. The molecule has 0 spiro atoms. The lowest BCUT2D eigenvalue weighted by Crippen LogP contribution is -2.19. The lowest BCUT2D eigenvalue weighted by Gasteiger charge is -2.26. The number of benzene rings is 2. The van der Waals surface area contributed by atoms with Gasteiger partial charge in [-0.2, -0.15) is 0 Å². The molecule has 1 aromatic heterocycles. The molecule has 0 saturated heterocycles. The number of aromatic nitrogens is 1. The highest BCUT2D eigenvalue weighted by molar-refractivity contribution is 5.86. The highest BCUT2D eigenvalue weighted by Crippen LogP contribution is 2.51. The fraction of sp³-hybridized carbons (Fsp3) is 0.292. The van der Waals surface area contributed by atoms with Gasteiger partial charge in [0.05, 0.1) is 5.69 Å². The van der Waals surface area contributed by atoms with E-state index in [0.29, 0.717) is 0 Å². The molecule has 1 heterocycles. The number of rotatable bonds is 1. The molecule has 0 aliphatic heterocycles. The van der Waals surface area contributed by atoms with Crippen LogP contribution in [0, 0.1) is 0 Å². The van der Waals surface area contributed by atoms with Gasteiger partial charge < -0.3 is 0 Å². The van der Waals surface area contributed by atoms with Gasteiger partial charge in [-0.25, -0.2) is 0 Å². The van der Waals surface area contributed by atoms with Crippen molar-refractivity contribution >= 4 is 0 Å². The zero-order chi connectivity index (χ0) is 17.8. The van der Waals surface area contributed by atoms with Crippen LogP contribution in [0.3, 0.4) is 0 Å². The molecule has 1 aliphatic carbocycles. The standard InChI is InChI=1S/C24H25N/c1-23(2,3)17-14-20-22(25-15-17)19-13-9-12-18(21(19)24(20,4)5)16-10-7-6-8-11-16/h6-15H,1-5H3. The molecule has 0 N–H and O–H groups in total. The highest BCUT2D eigenvalue weighted by atomic mass is 14.7. The summed E-state index contributed by atoms with van der Waals surface area (Å²) in [6.45, 7) is 11.4. The number of hydrogen-bond donors (Lipinski definition) is 0. The third-order valence-corrected chi connectivity index (χ3v) is 5.46. The van der Waals surface area contributed by atoms with Crippen LogP contribution in [0.15, 0.2) is 60.8 Å². The maximum Gasteiger partial charge on any atom is 0.0746 e. The lowest BCUT2D eigenvalue weighted by atomic mass is 9.77. The first-order valence-electron chi connectivity index (χ1n) is 9.00. The minimum atomic E-state index is -0.0502. The first kappa shape index (κ1) is 16.1. The van der Waals surface area contributed by atoms with Crippen molar-refractivity contribution in [2.24, 2.45) is 0 Å². The van der Waals surface area contributed by atoms with Gasteiger partial charge in [0.2, 0.25) is 0 Å². The van der Waals surface area contributed by atoms with Crippen molar-refractivity contribution in [3.05, 3.63) is 77.5 Å². The molecule has 126 valence electrons. The minimum Gasteiger partial charge on any atom is -0.256 e. The number of pyridine rings is 1. The average Bonchev–Trinajstić information content (AvgIpc) is 2.83. The SMILES string of the molecule is CC(C)(C)c1cnc2c(c1)C(C)(C)c1c(-c3ccccc3)cccc1-2. The van der Waals surface area contributed by atoms with Gasteiger partial charge in [0.15, 0.2) is 0 Å². The van der Waals surface area contributed by atoms with Crippen molar-refractivity contribution in [2.75, 3.05) is 0 Å².